The first-order valence-electron chi connectivity index (χ1n) is 9.19. The zero-order valence-electron chi connectivity index (χ0n) is 15.5. The average molecular weight is 404 g/mol. The largest absolute Gasteiger partial charge is 0.506 e. The minimum absolute atomic E-state index is 0.0243. The average Bonchev–Trinajstić information content (AvgIpc) is 3.06. The van der Waals surface area contributed by atoms with Crippen molar-refractivity contribution in [2.24, 2.45) is 0 Å². The smallest absolute Gasteiger partial charge is 0.407 e. The lowest BCUT2D eigenvalue weighted by Crippen LogP contribution is -2.26. The van der Waals surface area contributed by atoms with E-state index >= 15 is 0 Å². The van der Waals surface area contributed by atoms with Gasteiger partial charge in [0.25, 0.3) is 0 Å². The minimum Gasteiger partial charge on any atom is -0.506 e. The minimum atomic E-state index is -0.514. The van der Waals surface area contributed by atoms with Gasteiger partial charge < -0.3 is 15.2 Å². The molecule has 4 rings (SSSR count). The Bertz CT molecular complexity index is 1080. The Balaban J connectivity index is 1.35. The van der Waals surface area contributed by atoms with Crippen LogP contribution in [0, 0.1) is 11.8 Å². The van der Waals surface area contributed by atoms with Gasteiger partial charge in [0.2, 0.25) is 0 Å². The molecule has 1 aliphatic rings. The molecule has 4 nitrogen and oxygen atoms in total. The zero-order chi connectivity index (χ0) is 20.2. The lowest BCUT2D eigenvalue weighted by molar-refractivity contribution is 0.144. The van der Waals surface area contributed by atoms with Crippen LogP contribution in [-0.2, 0) is 4.74 Å². The third-order valence-corrected chi connectivity index (χ3v) is 5.16. The maximum atomic E-state index is 12.1. The van der Waals surface area contributed by atoms with E-state index in [4.69, 9.17) is 16.3 Å². The van der Waals surface area contributed by atoms with Gasteiger partial charge >= 0.3 is 6.09 Å². The van der Waals surface area contributed by atoms with E-state index in [9.17, 15) is 9.90 Å². The molecule has 144 valence electrons. The fourth-order valence-corrected chi connectivity index (χ4v) is 3.62. The van der Waals surface area contributed by atoms with Crippen LogP contribution in [0.4, 0.5) is 4.79 Å². The molecule has 0 fully saturated rings. The number of rotatable bonds is 3. The number of alkyl carbamates (subject to hydrolysis) is 1. The van der Waals surface area contributed by atoms with E-state index in [0.29, 0.717) is 5.56 Å². The van der Waals surface area contributed by atoms with Crippen LogP contribution in [-0.4, -0.2) is 24.4 Å². The van der Waals surface area contributed by atoms with Crippen molar-refractivity contribution in [3.05, 3.63) is 88.4 Å². The van der Waals surface area contributed by atoms with E-state index in [1.165, 1.54) is 28.3 Å². The van der Waals surface area contributed by atoms with Crippen LogP contribution in [0.5, 0.6) is 5.75 Å². The molecule has 0 heterocycles. The van der Waals surface area contributed by atoms with Gasteiger partial charge in [0, 0.05) is 11.5 Å². The van der Waals surface area contributed by atoms with Crippen molar-refractivity contribution in [2.75, 3.05) is 13.2 Å². The Morgan fingerprint density at radius 3 is 2.34 bits per heavy atom. The molecule has 3 aromatic carbocycles. The summed E-state index contributed by atoms with van der Waals surface area (Å²) in [5, 5.41) is 12.5. The number of benzene rings is 3. The number of fused-ring (bicyclic) bond motifs is 3. The molecule has 3 aromatic rings. The molecular weight excluding hydrogens is 386 g/mol. The van der Waals surface area contributed by atoms with E-state index in [2.05, 4.69) is 41.4 Å². The summed E-state index contributed by atoms with van der Waals surface area (Å²) in [6, 6.07) is 21.1. The lowest BCUT2D eigenvalue weighted by Gasteiger charge is -2.14. The molecule has 29 heavy (non-hydrogen) atoms. The first kappa shape index (κ1) is 18.9. The summed E-state index contributed by atoms with van der Waals surface area (Å²) in [5.41, 5.74) is 5.33. The van der Waals surface area contributed by atoms with Gasteiger partial charge in [0.05, 0.1) is 11.6 Å². The fraction of sp³-hybridized carbons (Fsp3) is 0.125. The monoisotopic (exact) mass is 403 g/mol. The van der Waals surface area contributed by atoms with Gasteiger partial charge in [0.15, 0.2) is 0 Å². The number of nitrogens with one attached hydrogen (secondary N) is 1. The van der Waals surface area contributed by atoms with Crippen LogP contribution >= 0.6 is 11.6 Å². The van der Waals surface area contributed by atoms with Crippen molar-refractivity contribution in [3.63, 3.8) is 0 Å². The summed E-state index contributed by atoms with van der Waals surface area (Å²) >= 11 is 5.76. The highest BCUT2D eigenvalue weighted by atomic mass is 35.5. The molecule has 0 saturated carbocycles. The number of ether oxygens (including phenoxy) is 1. The summed E-state index contributed by atoms with van der Waals surface area (Å²) in [6.07, 6.45) is -0.514. The van der Waals surface area contributed by atoms with E-state index in [1.807, 2.05) is 24.3 Å². The Kier molecular flexibility index (Phi) is 5.41. The SMILES string of the molecule is O=C(NCC#Cc1ccc(Cl)c(O)c1)OCC1c2ccccc2-c2ccccc21. The third-order valence-electron chi connectivity index (χ3n) is 4.84. The number of hydrogen-bond donors (Lipinski definition) is 2. The van der Waals surface area contributed by atoms with Crippen LogP contribution in [0.1, 0.15) is 22.6 Å². The molecule has 0 bridgehead atoms. The molecule has 0 saturated heterocycles. The van der Waals surface area contributed by atoms with Crippen LogP contribution in [0.15, 0.2) is 66.7 Å². The summed E-state index contributed by atoms with van der Waals surface area (Å²) in [4.78, 5) is 12.1. The second kappa shape index (κ2) is 8.30. The number of carbonyl (C=O) groups is 1. The number of aromatic hydroxyl groups is 1. The summed E-state index contributed by atoms with van der Waals surface area (Å²) in [5.74, 6) is 5.67. The molecule has 1 aliphatic carbocycles. The highest BCUT2D eigenvalue weighted by Crippen LogP contribution is 2.44. The van der Waals surface area contributed by atoms with Gasteiger partial charge in [0.1, 0.15) is 12.4 Å². The maximum Gasteiger partial charge on any atom is 0.407 e. The van der Waals surface area contributed by atoms with Crippen LogP contribution < -0.4 is 5.32 Å². The van der Waals surface area contributed by atoms with E-state index in [1.54, 1.807) is 12.1 Å². The van der Waals surface area contributed by atoms with E-state index in [-0.39, 0.29) is 29.8 Å². The molecule has 5 heteroatoms. The number of hydrogen-bond acceptors (Lipinski definition) is 3. The van der Waals surface area contributed by atoms with Gasteiger partial charge in [-0.3, -0.25) is 0 Å². The van der Waals surface area contributed by atoms with Crippen molar-refractivity contribution in [2.45, 2.75) is 5.92 Å². The van der Waals surface area contributed by atoms with Gasteiger partial charge in [-0.25, -0.2) is 4.79 Å². The topological polar surface area (TPSA) is 58.6 Å². The number of phenolic OH excluding ortho intramolecular Hbond substituents is 1. The second-order valence-electron chi connectivity index (χ2n) is 6.65. The molecule has 0 radical (unpaired) electrons. The predicted octanol–water partition coefficient (Wildman–Crippen LogP) is 4.94. The van der Waals surface area contributed by atoms with Crippen molar-refractivity contribution in [1.82, 2.24) is 5.32 Å². The molecule has 2 N–H and O–H groups in total. The first-order chi connectivity index (χ1) is 14.1. The Morgan fingerprint density at radius 1 is 1.03 bits per heavy atom. The summed E-state index contributed by atoms with van der Waals surface area (Å²) < 4.78 is 5.45. The van der Waals surface area contributed by atoms with Crippen molar-refractivity contribution in [1.29, 1.82) is 0 Å². The van der Waals surface area contributed by atoms with Crippen molar-refractivity contribution >= 4 is 17.7 Å². The van der Waals surface area contributed by atoms with Crippen LogP contribution in [0.25, 0.3) is 11.1 Å². The number of carbonyl (C=O) groups excluding carboxylic acids is 1. The van der Waals surface area contributed by atoms with Crippen molar-refractivity contribution < 1.29 is 14.6 Å². The molecule has 1 amide bonds. The van der Waals surface area contributed by atoms with Gasteiger partial charge in [-0.2, -0.15) is 0 Å². The third kappa shape index (κ3) is 4.06. The van der Waals surface area contributed by atoms with Crippen LogP contribution in [0.3, 0.4) is 0 Å². The number of phenols is 1. The van der Waals surface area contributed by atoms with Gasteiger partial charge in [-0.15, -0.1) is 0 Å². The number of halogens is 1. The summed E-state index contributed by atoms with van der Waals surface area (Å²) in [7, 11) is 0. The van der Waals surface area contributed by atoms with Gasteiger partial charge in [-0.05, 0) is 40.5 Å². The molecule has 0 aliphatic heterocycles. The highest BCUT2D eigenvalue weighted by molar-refractivity contribution is 6.32. The predicted molar refractivity (Wildman–Crippen MR) is 113 cm³/mol. The fourth-order valence-electron chi connectivity index (χ4n) is 3.50. The molecule has 0 aromatic heterocycles. The maximum absolute atomic E-state index is 12.1. The quantitative estimate of drug-likeness (QED) is 0.609. The van der Waals surface area contributed by atoms with Gasteiger partial charge in [-0.1, -0.05) is 72.0 Å². The Morgan fingerprint density at radius 2 is 1.69 bits per heavy atom. The van der Waals surface area contributed by atoms with E-state index < -0.39 is 6.09 Å². The molecular formula is C24H18ClNO3. The summed E-state index contributed by atoms with van der Waals surface area (Å²) in [6.45, 7) is 0.401. The highest BCUT2D eigenvalue weighted by Gasteiger charge is 2.28. The first-order valence-corrected chi connectivity index (χ1v) is 9.57. The van der Waals surface area contributed by atoms with E-state index in [0.717, 1.165) is 0 Å². The lowest BCUT2D eigenvalue weighted by atomic mass is 9.98. The Labute approximate surface area is 174 Å². The molecule has 0 atom stereocenters. The normalized spacial score (nSPS) is 11.8. The molecule has 0 unspecified atom stereocenters. The zero-order valence-corrected chi connectivity index (χ0v) is 16.2. The standard InChI is InChI=1S/C24H18ClNO3/c25-22-12-11-16(14-23(22)27)6-5-13-26-24(28)29-15-21-19-9-3-1-7-17(19)18-8-2-4-10-20(18)21/h1-4,7-12,14,21,27H,13,15H2,(H,26,28). The molecule has 0 spiro atoms. The van der Waals surface area contributed by atoms with Crippen LogP contribution in [0.2, 0.25) is 5.02 Å². The number of amides is 1. The van der Waals surface area contributed by atoms with Crippen molar-refractivity contribution in [3.8, 4) is 28.7 Å². The Hall–Kier alpha value is -3.42. The second-order valence-corrected chi connectivity index (χ2v) is 7.05.